The molecule has 2 unspecified atom stereocenters. The van der Waals surface area contributed by atoms with Crippen molar-refractivity contribution in [2.24, 2.45) is 5.92 Å². The molecule has 1 aliphatic rings. The Morgan fingerprint density at radius 2 is 2.12 bits per heavy atom. The van der Waals surface area contributed by atoms with Crippen molar-refractivity contribution in [3.8, 4) is 0 Å². The Morgan fingerprint density at radius 3 is 2.79 bits per heavy atom. The first kappa shape index (κ1) is 16.6. The number of aromatic nitrogens is 1. The highest BCUT2D eigenvalue weighted by Crippen LogP contribution is 2.35. The molecule has 2 amide bonds. The van der Waals surface area contributed by atoms with Gasteiger partial charge in [0, 0.05) is 24.5 Å². The van der Waals surface area contributed by atoms with Crippen LogP contribution in [0.2, 0.25) is 0 Å². The zero-order chi connectivity index (χ0) is 17.1. The molecule has 24 heavy (non-hydrogen) atoms. The predicted molar refractivity (Wildman–Crippen MR) is 93.4 cm³/mol. The fraction of sp³-hybridized carbons (Fsp3) is 0.389. The standard InChI is InChI=1S/C18H21N3O2S/c1-12-10-19-15(24-12)11-20-18(23)14-8-9-16(22)21(2)17(14)13-6-4-3-5-7-13/h3-7,10,14,17H,8-9,11H2,1-2H3,(H,20,23). The number of thiazole rings is 1. The van der Waals surface area contributed by atoms with E-state index in [1.54, 1.807) is 23.3 Å². The van der Waals surface area contributed by atoms with Crippen molar-refractivity contribution in [1.29, 1.82) is 0 Å². The molecule has 0 saturated carbocycles. The van der Waals surface area contributed by atoms with Crippen LogP contribution in [0.25, 0.3) is 0 Å². The van der Waals surface area contributed by atoms with Crippen LogP contribution in [-0.2, 0) is 16.1 Å². The van der Waals surface area contributed by atoms with Gasteiger partial charge in [-0.3, -0.25) is 9.59 Å². The molecule has 1 saturated heterocycles. The molecule has 0 radical (unpaired) electrons. The lowest BCUT2D eigenvalue weighted by atomic mass is 9.84. The van der Waals surface area contributed by atoms with Crippen LogP contribution in [0.1, 0.15) is 34.3 Å². The average molecular weight is 343 g/mol. The van der Waals surface area contributed by atoms with Crippen molar-refractivity contribution in [2.75, 3.05) is 7.05 Å². The van der Waals surface area contributed by atoms with E-state index in [0.717, 1.165) is 15.4 Å². The van der Waals surface area contributed by atoms with Crippen molar-refractivity contribution in [3.63, 3.8) is 0 Å². The summed E-state index contributed by atoms with van der Waals surface area (Å²) in [5.41, 5.74) is 0.998. The number of rotatable bonds is 4. The Kier molecular flexibility index (Phi) is 4.94. The second-order valence-corrected chi connectivity index (χ2v) is 7.41. The largest absolute Gasteiger partial charge is 0.349 e. The third-order valence-electron chi connectivity index (χ3n) is 4.42. The fourth-order valence-electron chi connectivity index (χ4n) is 3.20. The quantitative estimate of drug-likeness (QED) is 0.928. The highest BCUT2D eigenvalue weighted by atomic mass is 32.1. The van der Waals surface area contributed by atoms with E-state index in [4.69, 9.17) is 0 Å². The number of amides is 2. The molecule has 1 aromatic heterocycles. The van der Waals surface area contributed by atoms with E-state index in [9.17, 15) is 9.59 Å². The molecule has 0 spiro atoms. The minimum absolute atomic E-state index is 0.0175. The highest BCUT2D eigenvalue weighted by molar-refractivity contribution is 7.11. The molecule has 0 aliphatic carbocycles. The molecule has 1 aromatic carbocycles. The summed E-state index contributed by atoms with van der Waals surface area (Å²) in [5, 5.41) is 3.89. The molecule has 5 nitrogen and oxygen atoms in total. The van der Waals surface area contributed by atoms with E-state index >= 15 is 0 Å². The Hall–Kier alpha value is -2.21. The van der Waals surface area contributed by atoms with Crippen molar-refractivity contribution in [3.05, 3.63) is 52.0 Å². The topological polar surface area (TPSA) is 62.3 Å². The van der Waals surface area contributed by atoms with E-state index < -0.39 is 0 Å². The summed E-state index contributed by atoms with van der Waals surface area (Å²) < 4.78 is 0. The van der Waals surface area contributed by atoms with Gasteiger partial charge in [0.1, 0.15) is 5.01 Å². The van der Waals surface area contributed by atoms with Gasteiger partial charge in [-0.15, -0.1) is 11.3 Å². The minimum atomic E-state index is -0.240. The Bertz CT molecular complexity index is 729. The SMILES string of the molecule is Cc1cnc(CNC(=O)C2CCC(=O)N(C)C2c2ccccc2)s1. The lowest BCUT2D eigenvalue weighted by Gasteiger charge is -2.38. The first-order valence-electron chi connectivity index (χ1n) is 8.06. The fourth-order valence-corrected chi connectivity index (χ4v) is 3.92. The molecule has 1 N–H and O–H groups in total. The first-order chi connectivity index (χ1) is 11.6. The first-order valence-corrected chi connectivity index (χ1v) is 8.87. The van der Waals surface area contributed by atoms with E-state index in [1.165, 1.54) is 0 Å². The van der Waals surface area contributed by atoms with Crippen molar-refractivity contribution >= 4 is 23.2 Å². The Balaban J connectivity index is 1.76. The second kappa shape index (κ2) is 7.13. The molecule has 3 rings (SSSR count). The normalized spacial score (nSPS) is 20.9. The summed E-state index contributed by atoms with van der Waals surface area (Å²) >= 11 is 1.58. The second-order valence-electron chi connectivity index (χ2n) is 6.09. The number of piperidine rings is 1. The van der Waals surface area contributed by atoms with Gasteiger partial charge in [-0.05, 0) is 18.9 Å². The minimum Gasteiger partial charge on any atom is -0.349 e. The van der Waals surface area contributed by atoms with Gasteiger partial charge < -0.3 is 10.2 Å². The van der Waals surface area contributed by atoms with Gasteiger partial charge in [0.25, 0.3) is 0 Å². The van der Waals surface area contributed by atoms with Crippen LogP contribution < -0.4 is 5.32 Å². The zero-order valence-electron chi connectivity index (χ0n) is 13.9. The van der Waals surface area contributed by atoms with Crippen LogP contribution in [-0.4, -0.2) is 28.7 Å². The Labute approximate surface area is 145 Å². The number of benzene rings is 1. The van der Waals surface area contributed by atoms with E-state index in [1.807, 2.05) is 43.5 Å². The zero-order valence-corrected chi connectivity index (χ0v) is 14.7. The van der Waals surface area contributed by atoms with Gasteiger partial charge in [0.05, 0.1) is 18.5 Å². The maximum atomic E-state index is 12.7. The lowest BCUT2D eigenvalue weighted by molar-refractivity contribution is -0.141. The molecular weight excluding hydrogens is 322 g/mol. The number of nitrogens with one attached hydrogen (secondary N) is 1. The highest BCUT2D eigenvalue weighted by Gasteiger charge is 2.38. The molecule has 2 atom stereocenters. The van der Waals surface area contributed by atoms with Gasteiger partial charge in [0.15, 0.2) is 0 Å². The maximum Gasteiger partial charge on any atom is 0.225 e. The number of hydrogen-bond acceptors (Lipinski definition) is 4. The van der Waals surface area contributed by atoms with E-state index in [-0.39, 0.29) is 23.8 Å². The average Bonchev–Trinajstić information content (AvgIpc) is 3.01. The third-order valence-corrected chi connectivity index (χ3v) is 5.33. The van der Waals surface area contributed by atoms with Crippen LogP contribution in [0.4, 0.5) is 0 Å². The Morgan fingerprint density at radius 1 is 1.38 bits per heavy atom. The molecule has 1 fully saturated rings. The van der Waals surface area contributed by atoms with Crippen molar-refractivity contribution in [2.45, 2.75) is 32.4 Å². The van der Waals surface area contributed by atoms with Gasteiger partial charge in [-0.1, -0.05) is 30.3 Å². The smallest absolute Gasteiger partial charge is 0.225 e. The number of carbonyl (C=O) groups excluding carboxylic acids is 2. The molecule has 6 heteroatoms. The van der Waals surface area contributed by atoms with Gasteiger partial charge >= 0.3 is 0 Å². The van der Waals surface area contributed by atoms with Crippen LogP contribution in [0, 0.1) is 12.8 Å². The van der Waals surface area contributed by atoms with Crippen molar-refractivity contribution < 1.29 is 9.59 Å². The molecule has 2 aromatic rings. The number of carbonyl (C=O) groups is 2. The van der Waals surface area contributed by atoms with E-state index in [2.05, 4.69) is 10.3 Å². The molecular formula is C18H21N3O2S. The number of likely N-dealkylation sites (tertiary alicyclic amines) is 1. The summed E-state index contributed by atoms with van der Waals surface area (Å²) in [5.74, 6) is -0.171. The molecule has 2 heterocycles. The van der Waals surface area contributed by atoms with Gasteiger partial charge in [-0.2, -0.15) is 0 Å². The summed E-state index contributed by atoms with van der Waals surface area (Å²) in [6.07, 6.45) is 2.80. The number of nitrogens with zero attached hydrogens (tertiary/aromatic N) is 2. The molecule has 126 valence electrons. The number of aryl methyl sites for hydroxylation is 1. The molecule has 1 aliphatic heterocycles. The van der Waals surface area contributed by atoms with Gasteiger partial charge in [-0.25, -0.2) is 4.98 Å². The van der Waals surface area contributed by atoms with E-state index in [0.29, 0.717) is 19.4 Å². The van der Waals surface area contributed by atoms with Crippen LogP contribution in [0.15, 0.2) is 36.5 Å². The number of hydrogen-bond donors (Lipinski definition) is 1. The summed E-state index contributed by atoms with van der Waals surface area (Å²) in [7, 11) is 1.78. The predicted octanol–water partition coefficient (Wildman–Crippen LogP) is 2.68. The summed E-state index contributed by atoms with van der Waals surface area (Å²) in [6, 6.07) is 9.55. The monoisotopic (exact) mass is 343 g/mol. The third kappa shape index (κ3) is 3.48. The lowest BCUT2D eigenvalue weighted by Crippen LogP contribution is -2.46. The van der Waals surface area contributed by atoms with Crippen LogP contribution in [0.5, 0.6) is 0 Å². The van der Waals surface area contributed by atoms with Gasteiger partial charge in [0.2, 0.25) is 11.8 Å². The van der Waals surface area contributed by atoms with Crippen LogP contribution >= 0.6 is 11.3 Å². The van der Waals surface area contributed by atoms with Crippen LogP contribution in [0.3, 0.4) is 0 Å². The maximum absolute atomic E-state index is 12.7. The summed E-state index contributed by atoms with van der Waals surface area (Å²) in [6.45, 7) is 2.43. The van der Waals surface area contributed by atoms with Crippen molar-refractivity contribution in [1.82, 2.24) is 15.2 Å². The summed E-state index contributed by atoms with van der Waals surface area (Å²) in [4.78, 5) is 32.0. The molecule has 0 bridgehead atoms.